The van der Waals surface area contributed by atoms with Gasteiger partial charge in [-0.3, -0.25) is 4.79 Å². The van der Waals surface area contributed by atoms with Gasteiger partial charge in [-0.1, -0.05) is 12.1 Å². The Morgan fingerprint density at radius 2 is 2.09 bits per heavy atom. The van der Waals surface area contributed by atoms with Crippen LogP contribution in [0.3, 0.4) is 0 Å². The summed E-state index contributed by atoms with van der Waals surface area (Å²) in [5.41, 5.74) is 1.38. The lowest BCUT2D eigenvalue weighted by atomic mass is 10.1. The minimum absolute atomic E-state index is 0.220. The van der Waals surface area contributed by atoms with Crippen LogP contribution in [0.4, 0.5) is 0 Å². The second-order valence-electron chi connectivity index (χ2n) is 5.09. The predicted octanol–water partition coefficient (Wildman–Crippen LogP) is 2.54. The normalized spacial score (nSPS) is 11.9. The Labute approximate surface area is 133 Å². The van der Waals surface area contributed by atoms with Crippen molar-refractivity contribution in [3.63, 3.8) is 0 Å². The van der Waals surface area contributed by atoms with Crippen LogP contribution in [0.25, 0.3) is 0 Å². The van der Waals surface area contributed by atoms with Gasteiger partial charge >= 0.3 is 0 Å². The smallest absolute Gasteiger partial charge is 0.255 e. The Balaban J connectivity index is 1.93. The zero-order chi connectivity index (χ0) is 16.2. The standard InChI is InChI=1S/C17H17N3O3/c1-20-9-8-18-16(20)15(12-3-5-14(22-2)6-4-12)19-17(21)13-7-10-23-11-13/h3-11,15H,1-2H3,(H,19,21). The van der Waals surface area contributed by atoms with Crippen molar-refractivity contribution < 1.29 is 13.9 Å². The molecule has 0 aliphatic carbocycles. The number of imidazole rings is 1. The van der Waals surface area contributed by atoms with Crippen LogP contribution < -0.4 is 10.1 Å². The van der Waals surface area contributed by atoms with Crippen LogP contribution in [0.15, 0.2) is 59.7 Å². The molecule has 1 N–H and O–H groups in total. The third kappa shape index (κ3) is 3.11. The van der Waals surface area contributed by atoms with Crippen molar-refractivity contribution in [3.8, 4) is 5.75 Å². The number of nitrogens with one attached hydrogen (secondary N) is 1. The highest BCUT2D eigenvalue weighted by molar-refractivity contribution is 5.94. The van der Waals surface area contributed by atoms with Crippen molar-refractivity contribution in [1.82, 2.24) is 14.9 Å². The number of amides is 1. The van der Waals surface area contributed by atoms with Gasteiger partial charge in [0.1, 0.15) is 23.9 Å². The van der Waals surface area contributed by atoms with Gasteiger partial charge in [-0.25, -0.2) is 4.98 Å². The van der Waals surface area contributed by atoms with Crippen LogP contribution in [0.2, 0.25) is 0 Å². The van der Waals surface area contributed by atoms with Gasteiger partial charge in [-0.15, -0.1) is 0 Å². The summed E-state index contributed by atoms with van der Waals surface area (Å²) in [6.45, 7) is 0. The highest BCUT2D eigenvalue weighted by atomic mass is 16.5. The molecule has 1 aromatic carbocycles. The maximum absolute atomic E-state index is 12.4. The molecule has 0 radical (unpaired) electrons. The number of carbonyl (C=O) groups excluding carboxylic acids is 1. The Bertz CT molecular complexity index is 776. The van der Waals surface area contributed by atoms with E-state index in [4.69, 9.17) is 9.15 Å². The van der Waals surface area contributed by atoms with E-state index in [9.17, 15) is 4.79 Å². The summed E-state index contributed by atoms with van der Waals surface area (Å²) in [4.78, 5) is 16.7. The van der Waals surface area contributed by atoms with Gasteiger partial charge in [-0.05, 0) is 23.8 Å². The zero-order valence-corrected chi connectivity index (χ0v) is 12.9. The third-order valence-corrected chi connectivity index (χ3v) is 3.62. The molecule has 0 aliphatic rings. The molecule has 1 amide bonds. The van der Waals surface area contributed by atoms with E-state index in [2.05, 4.69) is 10.3 Å². The number of hydrogen-bond donors (Lipinski definition) is 1. The number of nitrogens with zero attached hydrogens (tertiary/aromatic N) is 2. The van der Waals surface area contributed by atoms with Crippen molar-refractivity contribution in [2.24, 2.45) is 7.05 Å². The molecule has 3 aromatic rings. The molecule has 6 heteroatoms. The first-order valence-electron chi connectivity index (χ1n) is 7.13. The number of aryl methyl sites for hydroxylation is 1. The van der Waals surface area contributed by atoms with Gasteiger partial charge in [0.25, 0.3) is 5.91 Å². The first kappa shape index (κ1) is 14.9. The molecule has 118 valence electrons. The van der Waals surface area contributed by atoms with E-state index in [1.165, 1.54) is 12.5 Å². The third-order valence-electron chi connectivity index (χ3n) is 3.62. The van der Waals surface area contributed by atoms with Crippen molar-refractivity contribution in [2.45, 2.75) is 6.04 Å². The molecule has 3 rings (SSSR count). The number of aromatic nitrogens is 2. The monoisotopic (exact) mass is 311 g/mol. The molecular formula is C17H17N3O3. The predicted molar refractivity (Wildman–Crippen MR) is 84.2 cm³/mol. The lowest BCUT2D eigenvalue weighted by Crippen LogP contribution is -2.30. The topological polar surface area (TPSA) is 69.3 Å². The van der Waals surface area contributed by atoms with Gasteiger partial charge in [0, 0.05) is 19.4 Å². The lowest BCUT2D eigenvalue weighted by Gasteiger charge is -2.19. The lowest BCUT2D eigenvalue weighted by molar-refractivity contribution is 0.0940. The molecule has 23 heavy (non-hydrogen) atoms. The summed E-state index contributed by atoms with van der Waals surface area (Å²) in [6.07, 6.45) is 6.43. The summed E-state index contributed by atoms with van der Waals surface area (Å²) < 4.78 is 12.0. The molecule has 0 aliphatic heterocycles. The molecular weight excluding hydrogens is 294 g/mol. The fraction of sp³-hybridized carbons (Fsp3) is 0.176. The maximum Gasteiger partial charge on any atom is 0.255 e. The number of hydrogen-bond acceptors (Lipinski definition) is 4. The van der Waals surface area contributed by atoms with Crippen LogP contribution in [0.5, 0.6) is 5.75 Å². The van der Waals surface area contributed by atoms with Gasteiger partial charge in [-0.2, -0.15) is 0 Å². The summed E-state index contributed by atoms with van der Waals surface area (Å²) in [6, 6.07) is 8.79. The van der Waals surface area contributed by atoms with E-state index < -0.39 is 0 Å². The minimum Gasteiger partial charge on any atom is -0.497 e. The fourth-order valence-electron chi connectivity index (χ4n) is 2.36. The summed E-state index contributed by atoms with van der Waals surface area (Å²) in [5, 5.41) is 2.99. The van der Waals surface area contributed by atoms with Crippen molar-refractivity contribution in [2.75, 3.05) is 7.11 Å². The SMILES string of the molecule is COc1ccc(C(NC(=O)c2ccoc2)c2nccn2C)cc1. The molecule has 0 spiro atoms. The molecule has 6 nitrogen and oxygen atoms in total. The van der Waals surface area contributed by atoms with Crippen molar-refractivity contribution in [3.05, 3.63) is 72.2 Å². The molecule has 0 saturated heterocycles. The van der Waals surface area contributed by atoms with Crippen LogP contribution >= 0.6 is 0 Å². The van der Waals surface area contributed by atoms with Gasteiger partial charge in [0.15, 0.2) is 0 Å². The van der Waals surface area contributed by atoms with E-state index in [-0.39, 0.29) is 11.9 Å². The highest BCUT2D eigenvalue weighted by Gasteiger charge is 2.21. The number of carbonyl (C=O) groups is 1. The van der Waals surface area contributed by atoms with Crippen molar-refractivity contribution >= 4 is 5.91 Å². The molecule has 2 aromatic heterocycles. The fourth-order valence-corrected chi connectivity index (χ4v) is 2.36. The number of rotatable bonds is 5. The second-order valence-corrected chi connectivity index (χ2v) is 5.09. The van der Waals surface area contributed by atoms with E-state index in [0.29, 0.717) is 5.56 Å². The van der Waals surface area contributed by atoms with Crippen LogP contribution in [0.1, 0.15) is 27.8 Å². The molecule has 2 heterocycles. The number of benzene rings is 1. The van der Waals surface area contributed by atoms with Crippen molar-refractivity contribution in [1.29, 1.82) is 0 Å². The quantitative estimate of drug-likeness (QED) is 0.786. The van der Waals surface area contributed by atoms with Gasteiger partial charge in [0.2, 0.25) is 0 Å². The summed E-state index contributed by atoms with van der Waals surface area (Å²) in [5.74, 6) is 1.28. The molecule has 0 saturated carbocycles. The molecule has 0 fully saturated rings. The van der Waals surface area contributed by atoms with E-state index in [0.717, 1.165) is 17.1 Å². The van der Waals surface area contributed by atoms with Gasteiger partial charge in [0.05, 0.1) is 18.9 Å². The summed E-state index contributed by atoms with van der Waals surface area (Å²) in [7, 11) is 3.51. The maximum atomic E-state index is 12.4. The Kier molecular flexibility index (Phi) is 4.14. The Morgan fingerprint density at radius 1 is 1.30 bits per heavy atom. The molecule has 1 atom stereocenters. The van der Waals surface area contributed by atoms with Crippen LogP contribution in [0, 0.1) is 0 Å². The number of furan rings is 1. The first-order valence-corrected chi connectivity index (χ1v) is 7.13. The second kappa shape index (κ2) is 6.39. The first-order chi connectivity index (χ1) is 11.2. The molecule has 1 unspecified atom stereocenters. The highest BCUT2D eigenvalue weighted by Crippen LogP contribution is 2.23. The Morgan fingerprint density at radius 3 is 2.65 bits per heavy atom. The Hall–Kier alpha value is -3.02. The number of methoxy groups -OCH3 is 1. The summed E-state index contributed by atoms with van der Waals surface area (Å²) >= 11 is 0. The van der Waals surface area contributed by atoms with Crippen LogP contribution in [-0.2, 0) is 7.05 Å². The van der Waals surface area contributed by atoms with E-state index >= 15 is 0 Å². The number of ether oxygens (including phenoxy) is 1. The minimum atomic E-state index is -0.372. The van der Waals surface area contributed by atoms with E-state index in [1.807, 2.05) is 42.1 Å². The average molecular weight is 311 g/mol. The molecule has 0 bridgehead atoms. The van der Waals surface area contributed by atoms with E-state index in [1.54, 1.807) is 19.4 Å². The largest absolute Gasteiger partial charge is 0.497 e. The average Bonchev–Trinajstić information content (AvgIpc) is 3.24. The van der Waals surface area contributed by atoms with Crippen LogP contribution in [-0.4, -0.2) is 22.6 Å². The zero-order valence-electron chi connectivity index (χ0n) is 12.9. The van der Waals surface area contributed by atoms with Gasteiger partial charge < -0.3 is 19.0 Å².